The van der Waals surface area contributed by atoms with Crippen LogP contribution in [0.1, 0.15) is 65.7 Å². The average Bonchev–Trinajstić information content (AvgIpc) is 3.30. The normalized spacial score (nSPS) is 36.5. The van der Waals surface area contributed by atoms with E-state index in [2.05, 4.69) is 42.4 Å². The van der Waals surface area contributed by atoms with Crippen LogP contribution in [0, 0.1) is 28.1 Å². The van der Waals surface area contributed by atoms with Crippen LogP contribution in [0.15, 0.2) is 12.2 Å². The van der Waals surface area contributed by atoms with Crippen LogP contribution in [0.5, 0.6) is 0 Å². The second kappa shape index (κ2) is 7.43. The zero-order valence-electron chi connectivity index (χ0n) is 17.7. The van der Waals surface area contributed by atoms with Crippen LogP contribution in [0.3, 0.4) is 0 Å². The van der Waals surface area contributed by atoms with Crippen molar-refractivity contribution < 1.29 is 14.4 Å². The van der Waals surface area contributed by atoms with Crippen LogP contribution < -0.4 is 0 Å². The first-order valence-corrected chi connectivity index (χ1v) is 11.0. The molecule has 3 fully saturated rings. The number of aliphatic hydroxyl groups excluding tert-OH is 1. The molecular weight excluding hydrogens is 357 g/mol. The molecule has 0 radical (unpaired) electrons. The maximum atomic E-state index is 12.7. The Bertz CT molecular complexity index is 598. The summed E-state index contributed by atoms with van der Waals surface area (Å²) in [6, 6.07) is 0. The Kier molecular flexibility index (Phi) is 5.85. The molecule has 0 aromatic carbocycles. The Morgan fingerprint density at radius 3 is 2.48 bits per heavy atom. The molecule has 1 N–H and O–H groups in total. The fraction of sp³-hybridized carbons (Fsp3) is 0.864. The van der Waals surface area contributed by atoms with E-state index in [1.54, 1.807) is 4.90 Å². The number of rotatable bonds is 6. The van der Waals surface area contributed by atoms with Gasteiger partial charge in [-0.1, -0.05) is 39.3 Å². The summed E-state index contributed by atoms with van der Waals surface area (Å²) in [5.41, 5.74) is -0.167. The SMILES string of the molecule is CN(C)C(=O)C1(C(/C=C/C(C)(C)C2CCC3C(O)CCC[C@@]32C)OP)CC1. The summed E-state index contributed by atoms with van der Waals surface area (Å²) in [6.07, 6.45) is 11.5. The first-order chi connectivity index (χ1) is 12.6. The van der Waals surface area contributed by atoms with Crippen molar-refractivity contribution in [2.24, 2.45) is 28.1 Å². The number of hydrogen-bond acceptors (Lipinski definition) is 3. The van der Waals surface area contributed by atoms with E-state index < -0.39 is 0 Å². The fourth-order valence-corrected chi connectivity index (χ4v) is 6.73. The Labute approximate surface area is 167 Å². The minimum absolute atomic E-state index is 0.0131. The number of fused-ring (bicyclic) bond motifs is 1. The molecule has 0 aromatic heterocycles. The minimum Gasteiger partial charge on any atom is -0.393 e. The number of amides is 1. The van der Waals surface area contributed by atoms with Crippen molar-refractivity contribution in [1.82, 2.24) is 4.90 Å². The standard InChI is InChI=1S/C22H38NO3P/c1-20(2,17-9-8-15-16(24)7-6-11-21(15,17)3)12-10-18(26-27)22(13-14-22)19(25)23(4)5/h10,12,15-18,24H,6-9,11,13-14,27H2,1-5H3/b12-10+/t15?,16?,17?,18?,21-/m0/s1. The third kappa shape index (κ3) is 3.63. The second-order valence-electron chi connectivity index (χ2n) is 10.3. The Balaban J connectivity index is 1.78. The Hall–Kier alpha value is -0.440. The lowest BCUT2D eigenvalue weighted by Gasteiger charge is -2.48. The van der Waals surface area contributed by atoms with E-state index in [4.69, 9.17) is 4.52 Å². The molecule has 0 aromatic rings. The third-order valence-electron chi connectivity index (χ3n) is 8.00. The van der Waals surface area contributed by atoms with E-state index in [0.717, 1.165) is 32.1 Å². The van der Waals surface area contributed by atoms with Gasteiger partial charge < -0.3 is 14.5 Å². The van der Waals surface area contributed by atoms with Crippen LogP contribution in [-0.2, 0) is 9.32 Å². The molecule has 0 saturated heterocycles. The highest BCUT2D eigenvalue weighted by Gasteiger charge is 2.57. The summed E-state index contributed by atoms with van der Waals surface area (Å²) < 4.78 is 5.70. The van der Waals surface area contributed by atoms with Crippen LogP contribution in [0.2, 0.25) is 0 Å². The zero-order valence-corrected chi connectivity index (χ0v) is 18.9. The summed E-state index contributed by atoms with van der Waals surface area (Å²) in [7, 11) is 6.01. The number of allylic oxidation sites excluding steroid dienone is 1. The maximum Gasteiger partial charge on any atom is 0.231 e. The number of carbonyl (C=O) groups excluding carboxylic acids is 1. The molecule has 0 bridgehead atoms. The maximum absolute atomic E-state index is 12.7. The fourth-order valence-electron chi connectivity index (χ4n) is 6.38. The van der Waals surface area contributed by atoms with Gasteiger partial charge in [0.15, 0.2) is 0 Å². The molecule has 0 spiro atoms. The quantitative estimate of drug-likeness (QED) is 0.542. The van der Waals surface area contributed by atoms with Crippen molar-refractivity contribution in [2.45, 2.75) is 77.9 Å². The summed E-state index contributed by atoms with van der Waals surface area (Å²) in [4.78, 5) is 14.3. The number of hydrogen-bond donors (Lipinski definition) is 1. The summed E-state index contributed by atoms with van der Waals surface area (Å²) in [5, 5.41) is 10.5. The molecule has 3 aliphatic rings. The van der Waals surface area contributed by atoms with Crippen molar-refractivity contribution in [3.8, 4) is 0 Å². The molecule has 1 amide bonds. The van der Waals surface area contributed by atoms with Crippen LogP contribution in [0.25, 0.3) is 0 Å². The lowest BCUT2D eigenvalue weighted by Crippen LogP contribution is -2.43. The molecule has 27 heavy (non-hydrogen) atoms. The number of carbonyl (C=O) groups is 1. The predicted octanol–water partition coefficient (Wildman–Crippen LogP) is 4.19. The van der Waals surface area contributed by atoms with E-state index in [0.29, 0.717) is 11.8 Å². The van der Waals surface area contributed by atoms with Gasteiger partial charge in [0.1, 0.15) is 0 Å². The molecule has 3 saturated carbocycles. The smallest absolute Gasteiger partial charge is 0.231 e. The molecular formula is C22H38NO3P. The summed E-state index contributed by atoms with van der Waals surface area (Å²) in [5.74, 6) is 1.15. The second-order valence-corrected chi connectivity index (χ2v) is 10.6. The predicted molar refractivity (Wildman–Crippen MR) is 112 cm³/mol. The number of aliphatic hydroxyl groups is 1. The van der Waals surface area contributed by atoms with Crippen LogP contribution in [0.4, 0.5) is 0 Å². The summed E-state index contributed by atoms with van der Waals surface area (Å²) in [6.45, 7) is 7.03. The molecule has 5 unspecified atom stereocenters. The van der Waals surface area contributed by atoms with Gasteiger partial charge >= 0.3 is 0 Å². The Morgan fingerprint density at radius 1 is 1.26 bits per heavy atom. The van der Waals surface area contributed by atoms with E-state index in [-0.39, 0.29) is 34.4 Å². The third-order valence-corrected chi connectivity index (χ3v) is 8.29. The lowest BCUT2D eigenvalue weighted by atomic mass is 9.58. The highest BCUT2D eigenvalue weighted by Crippen LogP contribution is 2.61. The van der Waals surface area contributed by atoms with Gasteiger partial charge in [-0.05, 0) is 61.2 Å². The van der Waals surface area contributed by atoms with Crippen molar-refractivity contribution in [3.63, 3.8) is 0 Å². The van der Waals surface area contributed by atoms with Gasteiger partial charge in [0.2, 0.25) is 5.91 Å². The van der Waals surface area contributed by atoms with Gasteiger partial charge in [-0.15, -0.1) is 0 Å². The summed E-state index contributed by atoms with van der Waals surface area (Å²) >= 11 is 0. The van der Waals surface area contributed by atoms with E-state index >= 15 is 0 Å². The van der Waals surface area contributed by atoms with Crippen LogP contribution >= 0.6 is 9.47 Å². The zero-order chi connectivity index (χ0) is 20.0. The van der Waals surface area contributed by atoms with Gasteiger partial charge in [0, 0.05) is 23.6 Å². The highest BCUT2D eigenvalue weighted by molar-refractivity contribution is 7.09. The largest absolute Gasteiger partial charge is 0.393 e. The minimum atomic E-state index is -0.388. The van der Waals surface area contributed by atoms with Crippen molar-refractivity contribution in [1.29, 1.82) is 0 Å². The first kappa shape index (κ1) is 21.3. The van der Waals surface area contributed by atoms with E-state index in [9.17, 15) is 9.90 Å². The monoisotopic (exact) mass is 395 g/mol. The molecule has 3 aliphatic carbocycles. The van der Waals surface area contributed by atoms with Crippen molar-refractivity contribution in [3.05, 3.63) is 12.2 Å². The van der Waals surface area contributed by atoms with Gasteiger partial charge in [-0.3, -0.25) is 4.79 Å². The number of nitrogens with zero attached hydrogens (tertiary/aromatic N) is 1. The lowest BCUT2D eigenvalue weighted by molar-refractivity contribution is -0.136. The molecule has 6 atom stereocenters. The molecule has 4 nitrogen and oxygen atoms in total. The molecule has 3 rings (SSSR count). The van der Waals surface area contributed by atoms with E-state index in [1.165, 1.54) is 12.8 Å². The van der Waals surface area contributed by atoms with Gasteiger partial charge in [-0.2, -0.15) is 0 Å². The molecule has 0 heterocycles. The van der Waals surface area contributed by atoms with E-state index in [1.807, 2.05) is 14.1 Å². The Morgan fingerprint density at radius 2 is 1.93 bits per heavy atom. The highest BCUT2D eigenvalue weighted by atomic mass is 31.0. The van der Waals surface area contributed by atoms with Gasteiger partial charge in [0.05, 0.1) is 17.6 Å². The van der Waals surface area contributed by atoms with Gasteiger partial charge in [-0.25, -0.2) is 0 Å². The first-order valence-electron chi connectivity index (χ1n) is 10.5. The van der Waals surface area contributed by atoms with Gasteiger partial charge in [0.25, 0.3) is 0 Å². The molecule has 154 valence electrons. The molecule has 5 heteroatoms. The van der Waals surface area contributed by atoms with Crippen molar-refractivity contribution in [2.75, 3.05) is 14.1 Å². The topological polar surface area (TPSA) is 49.8 Å². The van der Waals surface area contributed by atoms with Crippen LogP contribution in [-0.4, -0.2) is 42.2 Å². The van der Waals surface area contributed by atoms with Crippen molar-refractivity contribution >= 4 is 15.4 Å². The molecule has 0 aliphatic heterocycles. The average molecular weight is 396 g/mol.